The van der Waals surface area contributed by atoms with Crippen LogP contribution in [0, 0.1) is 6.92 Å². The Kier molecular flexibility index (Phi) is 3.43. The van der Waals surface area contributed by atoms with Crippen LogP contribution < -0.4 is 5.32 Å². The van der Waals surface area contributed by atoms with E-state index in [0.717, 1.165) is 0 Å². The van der Waals surface area contributed by atoms with Crippen molar-refractivity contribution < 1.29 is 14.4 Å². The predicted octanol–water partition coefficient (Wildman–Crippen LogP) is 2.29. The smallest absolute Gasteiger partial charge is 0.294 e. The largest absolute Gasteiger partial charge is 0.389 e. The molecule has 1 amide bonds. The second kappa shape index (κ2) is 5.01. The number of carbonyl (C=O) groups excluding carboxylic acids is 1. The van der Waals surface area contributed by atoms with Crippen molar-refractivity contribution in [1.29, 1.82) is 0 Å². The fourth-order valence-electron chi connectivity index (χ4n) is 1.63. The zero-order chi connectivity index (χ0) is 13.1. The first-order valence-electron chi connectivity index (χ1n) is 5.59. The van der Waals surface area contributed by atoms with Gasteiger partial charge in [0.15, 0.2) is 0 Å². The molecule has 0 spiro atoms. The molecule has 1 aromatic heterocycles. The number of para-hydroxylation sites is 1. The van der Waals surface area contributed by atoms with Crippen LogP contribution in [0.15, 0.2) is 34.9 Å². The van der Waals surface area contributed by atoms with Crippen LogP contribution in [0.4, 0.5) is 5.69 Å². The van der Waals surface area contributed by atoms with Crippen LogP contribution in [-0.4, -0.2) is 16.2 Å². The highest BCUT2D eigenvalue weighted by Crippen LogP contribution is 2.22. The molecule has 0 aliphatic heterocycles. The minimum Gasteiger partial charge on any atom is -0.389 e. The van der Waals surface area contributed by atoms with Gasteiger partial charge in [0.05, 0.1) is 11.8 Å². The number of nitrogens with one attached hydrogen (secondary N) is 1. The monoisotopic (exact) mass is 246 g/mol. The molecule has 1 aromatic carbocycles. The van der Waals surface area contributed by atoms with Gasteiger partial charge in [0, 0.05) is 17.3 Å². The number of rotatable bonds is 3. The van der Waals surface area contributed by atoms with Crippen LogP contribution in [0.5, 0.6) is 0 Å². The molecule has 2 rings (SSSR count). The van der Waals surface area contributed by atoms with Crippen LogP contribution >= 0.6 is 0 Å². The summed E-state index contributed by atoms with van der Waals surface area (Å²) in [5.41, 5.74) is 1.86. The lowest BCUT2D eigenvalue weighted by Gasteiger charge is -2.11. The number of hydrogen-bond acceptors (Lipinski definition) is 4. The van der Waals surface area contributed by atoms with E-state index in [-0.39, 0.29) is 11.7 Å². The van der Waals surface area contributed by atoms with Crippen molar-refractivity contribution in [1.82, 2.24) is 5.16 Å². The summed E-state index contributed by atoms with van der Waals surface area (Å²) in [6, 6.07) is 8.62. The maximum atomic E-state index is 11.9. The molecule has 1 atom stereocenters. The Labute approximate surface area is 104 Å². The Morgan fingerprint density at radius 3 is 2.78 bits per heavy atom. The van der Waals surface area contributed by atoms with E-state index in [1.807, 2.05) is 0 Å². The summed E-state index contributed by atoms with van der Waals surface area (Å²) in [5, 5.41) is 15.9. The number of aromatic nitrogens is 1. The summed E-state index contributed by atoms with van der Waals surface area (Å²) in [7, 11) is 0. The van der Waals surface area contributed by atoms with Crippen molar-refractivity contribution in [3.05, 3.63) is 47.3 Å². The summed E-state index contributed by atoms with van der Waals surface area (Å²) in [5.74, 6) is -0.239. The maximum Gasteiger partial charge on any atom is 0.294 e. The lowest BCUT2D eigenvalue weighted by molar-refractivity contribution is 0.0987. The summed E-state index contributed by atoms with van der Waals surface area (Å²) in [4.78, 5) is 11.9. The molecule has 0 radical (unpaired) electrons. The number of hydrogen-bond donors (Lipinski definition) is 2. The molecule has 18 heavy (non-hydrogen) atoms. The van der Waals surface area contributed by atoms with Crippen molar-refractivity contribution in [2.24, 2.45) is 0 Å². The van der Waals surface area contributed by atoms with Gasteiger partial charge in [0.2, 0.25) is 5.76 Å². The van der Waals surface area contributed by atoms with E-state index in [9.17, 15) is 9.90 Å². The van der Waals surface area contributed by atoms with Gasteiger partial charge in [-0.1, -0.05) is 23.4 Å². The van der Waals surface area contributed by atoms with Crippen molar-refractivity contribution in [2.45, 2.75) is 20.0 Å². The highest BCUT2D eigenvalue weighted by molar-refractivity contribution is 6.02. The molecule has 0 saturated carbocycles. The van der Waals surface area contributed by atoms with E-state index in [4.69, 9.17) is 4.52 Å². The Morgan fingerprint density at radius 1 is 1.44 bits per heavy atom. The first-order chi connectivity index (χ1) is 8.58. The SMILES string of the molecule is Cc1cc(C(=O)Nc2ccccc2C(C)O)on1. The van der Waals surface area contributed by atoms with E-state index < -0.39 is 6.10 Å². The third kappa shape index (κ3) is 2.57. The zero-order valence-electron chi connectivity index (χ0n) is 10.2. The molecular weight excluding hydrogens is 232 g/mol. The topological polar surface area (TPSA) is 75.4 Å². The van der Waals surface area contributed by atoms with Gasteiger partial charge < -0.3 is 14.9 Å². The summed E-state index contributed by atoms with van der Waals surface area (Å²) >= 11 is 0. The predicted molar refractivity (Wildman–Crippen MR) is 66.3 cm³/mol. The number of carbonyl (C=O) groups is 1. The lowest BCUT2D eigenvalue weighted by atomic mass is 10.1. The van der Waals surface area contributed by atoms with Gasteiger partial charge in [-0.25, -0.2) is 0 Å². The van der Waals surface area contributed by atoms with Crippen LogP contribution in [0.1, 0.15) is 34.8 Å². The Balaban J connectivity index is 2.22. The number of anilines is 1. The fourth-order valence-corrected chi connectivity index (χ4v) is 1.63. The van der Waals surface area contributed by atoms with Gasteiger partial charge in [-0.3, -0.25) is 4.79 Å². The molecule has 5 heteroatoms. The minimum absolute atomic E-state index is 0.146. The Hall–Kier alpha value is -2.14. The van der Waals surface area contributed by atoms with E-state index in [1.165, 1.54) is 0 Å². The number of amides is 1. The third-order valence-corrected chi connectivity index (χ3v) is 2.51. The summed E-state index contributed by atoms with van der Waals surface area (Å²) < 4.78 is 4.87. The van der Waals surface area contributed by atoms with Crippen LogP contribution in [-0.2, 0) is 0 Å². The molecule has 5 nitrogen and oxygen atoms in total. The molecule has 0 saturated heterocycles. The second-order valence-electron chi connectivity index (χ2n) is 4.05. The van der Waals surface area contributed by atoms with Crippen LogP contribution in [0.3, 0.4) is 0 Å². The standard InChI is InChI=1S/C13H14N2O3/c1-8-7-12(18-15-8)13(17)14-11-6-4-3-5-10(11)9(2)16/h3-7,9,16H,1-2H3,(H,14,17). The number of nitrogens with zero attached hydrogens (tertiary/aromatic N) is 1. The number of aliphatic hydroxyl groups excluding tert-OH is 1. The van der Waals surface area contributed by atoms with Crippen LogP contribution in [0.25, 0.3) is 0 Å². The van der Waals surface area contributed by atoms with E-state index >= 15 is 0 Å². The van der Waals surface area contributed by atoms with Crippen molar-refractivity contribution in [2.75, 3.05) is 5.32 Å². The lowest BCUT2D eigenvalue weighted by Crippen LogP contribution is -2.13. The third-order valence-electron chi connectivity index (χ3n) is 2.51. The molecule has 1 unspecified atom stereocenters. The molecule has 2 N–H and O–H groups in total. The van der Waals surface area contributed by atoms with E-state index in [0.29, 0.717) is 16.9 Å². The van der Waals surface area contributed by atoms with Gasteiger partial charge in [0.25, 0.3) is 5.91 Å². The van der Waals surface area contributed by atoms with Gasteiger partial charge >= 0.3 is 0 Å². The Bertz CT molecular complexity index is 561. The quantitative estimate of drug-likeness (QED) is 0.871. The number of benzene rings is 1. The molecule has 0 bridgehead atoms. The molecule has 0 aliphatic rings. The zero-order valence-corrected chi connectivity index (χ0v) is 10.2. The molecule has 0 fully saturated rings. The number of aliphatic hydroxyl groups is 1. The second-order valence-corrected chi connectivity index (χ2v) is 4.05. The highest BCUT2D eigenvalue weighted by Gasteiger charge is 2.14. The molecule has 1 heterocycles. The van der Waals surface area contributed by atoms with Crippen molar-refractivity contribution >= 4 is 11.6 Å². The summed E-state index contributed by atoms with van der Waals surface area (Å²) in [6.45, 7) is 3.38. The summed E-state index contributed by atoms with van der Waals surface area (Å²) in [6.07, 6.45) is -0.655. The van der Waals surface area contributed by atoms with E-state index in [2.05, 4.69) is 10.5 Å². The van der Waals surface area contributed by atoms with Crippen molar-refractivity contribution in [3.63, 3.8) is 0 Å². The maximum absolute atomic E-state index is 11.9. The molecule has 2 aromatic rings. The first kappa shape index (κ1) is 12.3. The highest BCUT2D eigenvalue weighted by atomic mass is 16.5. The molecule has 0 aliphatic carbocycles. The fraction of sp³-hybridized carbons (Fsp3) is 0.231. The van der Waals surface area contributed by atoms with Gasteiger partial charge in [-0.15, -0.1) is 0 Å². The average Bonchev–Trinajstić information content (AvgIpc) is 2.76. The van der Waals surface area contributed by atoms with Gasteiger partial charge in [0.1, 0.15) is 0 Å². The number of aryl methyl sites for hydroxylation is 1. The van der Waals surface area contributed by atoms with Crippen molar-refractivity contribution in [3.8, 4) is 0 Å². The average molecular weight is 246 g/mol. The normalized spacial score (nSPS) is 12.2. The molecule has 94 valence electrons. The van der Waals surface area contributed by atoms with Gasteiger partial charge in [-0.05, 0) is 19.9 Å². The van der Waals surface area contributed by atoms with Gasteiger partial charge in [-0.2, -0.15) is 0 Å². The molecular formula is C13H14N2O3. The van der Waals surface area contributed by atoms with E-state index in [1.54, 1.807) is 44.2 Å². The first-order valence-corrected chi connectivity index (χ1v) is 5.59. The minimum atomic E-state index is -0.655. The van der Waals surface area contributed by atoms with Crippen LogP contribution in [0.2, 0.25) is 0 Å². The Morgan fingerprint density at radius 2 is 2.17 bits per heavy atom.